The van der Waals surface area contributed by atoms with Gasteiger partial charge in [0.1, 0.15) is 0 Å². The zero-order valence-electron chi connectivity index (χ0n) is 9.90. The van der Waals surface area contributed by atoms with Crippen molar-refractivity contribution >= 4 is 24.1 Å². The zero-order chi connectivity index (χ0) is 13.9. The summed E-state index contributed by atoms with van der Waals surface area (Å²) in [7, 11) is 1.19. The van der Waals surface area contributed by atoms with Gasteiger partial charge in [0.25, 0.3) is 0 Å². The van der Waals surface area contributed by atoms with Crippen LogP contribution in [0.15, 0.2) is 12.1 Å². The van der Waals surface area contributed by atoms with E-state index in [1.54, 1.807) is 0 Å². The molecule has 1 atom stereocenters. The fourth-order valence-electron chi connectivity index (χ4n) is 1.36. The predicted octanol–water partition coefficient (Wildman–Crippen LogP) is 0.991. The molecule has 0 aliphatic carbocycles. The van der Waals surface area contributed by atoms with E-state index in [0.717, 1.165) is 12.1 Å². The molecule has 1 aromatic carbocycles. The van der Waals surface area contributed by atoms with Crippen LogP contribution in [0.3, 0.4) is 0 Å². The van der Waals surface area contributed by atoms with Crippen molar-refractivity contribution in [3.05, 3.63) is 27.8 Å². The maximum Gasteiger partial charge on any atom is 0.314 e. The molecule has 19 heavy (non-hydrogen) atoms. The summed E-state index contributed by atoms with van der Waals surface area (Å²) in [5, 5.41) is 29.3. The molecule has 4 N–H and O–H groups in total. The molecule has 0 aromatic heterocycles. The lowest BCUT2D eigenvalue weighted by molar-refractivity contribution is -0.386. The molecular weight excluding hydrogens is 280 g/mol. The number of esters is 1. The average Bonchev–Trinajstić information content (AvgIpc) is 2.31. The second-order valence-electron chi connectivity index (χ2n) is 3.55. The van der Waals surface area contributed by atoms with Gasteiger partial charge in [0.15, 0.2) is 5.75 Å². The van der Waals surface area contributed by atoms with Crippen molar-refractivity contribution < 1.29 is 24.7 Å². The quantitative estimate of drug-likeness (QED) is 0.326. The van der Waals surface area contributed by atoms with E-state index in [1.807, 2.05) is 0 Å². The van der Waals surface area contributed by atoms with E-state index in [0.29, 0.717) is 0 Å². The van der Waals surface area contributed by atoms with Crippen LogP contribution in [0.4, 0.5) is 5.69 Å². The number of nitrogens with two attached hydrogens (primary N) is 1. The molecule has 0 radical (unpaired) electrons. The van der Waals surface area contributed by atoms with Crippen LogP contribution in [-0.4, -0.2) is 28.2 Å². The summed E-state index contributed by atoms with van der Waals surface area (Å²) in [6, 6.07) is 1.20. The lowest BCUT2D eigenvalue weighted by atomic mass is 10.0. The van der Waals surface area contributed by atoms with Crippen LogP contribution in [0.25, 0.3) is 0 Å². The van der Waals surface area contributed by atoms with E-state index in [4.69, 9.17) is 5.73 Å². The average molecular weight is 293 g/mol. The second kappa shape index (κ2) is 6.76. The van der Waals surface area contributed by atoms with E-state index >= 15 is 0 Å². The molecule has 1 rings (SSSR count). The molecule has 0 unspecified atom stereocenters. The molecule has 0 saturated carbocycles. The summed E-state index contributed by atoms with van der Waals surface area (Å²) in [5.74, 6) is -2.09. The van der Waals surface area contributed by atoms with Crippen molar-refractivity contribution in [2.75, 3.05) is 7.11 Å². The summed E-state index contributed by atoms with van der Waals surface area (Å²) in [4.78, 5) is 20.8. The van der Waals surface area contributed by atoms with Crippen LogP contribution < -0.4 is 5.73 Å². The SMILES string of the molecule is COC(=O)C[C@H](N)c1cc(O)c(O)c([N+](=O)[O-])c1.Cl. The molecule has 0 amide bonds. The minimum absolute atomic E-state index is 0. The number of nitro groups is 1. The number of carbonyl (C=O) groups is 1. The van der Waals surface area contributed by atoms with Crippen molar-refractivity contribution in [2.45, 2.75) is 12.5 Å². The Kier molecular flexibility index (Phi) is 6.03. The molecule has 0 saturated heterocycles. The van der Waals surface area contributed by atoms with E-state index in [-0.39, 0.29) is 24.4 Å². The highest BCUT2D eigenvalue weighted by molar-refractivity contribution is 5.85. The second-order valence-corrected chi connectivity index (χ2v) is 3.55. The normalized spacial score (nSPS) is 11.3. The Labute approximate surface area is 114 Å². The third-order valence-corrected chi connectivity index (χ3v) is 2.33. The van der Waals surface area contributed by atoms with E-state index in [9.17, 15) is 25.1 Å². The zero-order valence-corrected chi connectivity index (χ0v) is 10.7. The molecule has 0 heterocycles. The Hall–Kier alpha value is -2.06. The van der Waals surface area contributed by atoms with Gasteiger partial charge in [-0.25, -0.2) is 0 Å². The topological polar surface area (TPSA) is 136 Å². The Balaban J connectivity index is 0.00000324. The van der Waals surface area contributed by atoms with Gasteiger partial charge < -0.3 is 20.7 Å². The number of phenolic OH excluding ortho intramolecular Hbond substituents is 2. The van der Waals surface area contributed by atoms with Crippen molar-refractivity contribution in [2.24, 2.45) is 5.73 Å². The number of aromatic hydroxyl groups is 2. The number of halogens is 1. The van der Waals surface area contributed by atoms with Gasteiger partial charge in [-0.15, -0.1) is 12.4 Å². The molecule has 8 nitrogen and oxygen atoms in total. The van der Waals surface area contributed by atoms with Gasteiger partial charge in [-0.3, -0.25) is 14.9 Å². The first kappa shape index (κ1) is 16.9. The van der Waals surface area contributed by atoms with Crippen LogP contribution in [0.2, 0.25) is 0 Å². The summed E-state index contributed by atoms with van der Waals surface area (Å²) < 4.78 is 4.41. The van der Waals surface area contributed by atoms with Gasteiger partial charge in [0, 0.05) is 12.1 Å². The predicted molar refractivity (Wildman–Crippen MR) is 67.2 cm³/mol. The lowest BCUT2D eigenvalue weighted by Crippen LogP contribution is -2.16. The van der Waals surface area contributed by atoms with Gasteiger partial charge in [-0.05, 0) is 11.6 Å². The van der Waals surface area contributed by atoms with E-state index in [2.05, 4.69) is 4.74 Å². The third kappa shape index (κ3) is 3.97. The molecule has 1 aromatic rings. The van der Waals surface area contributed by atoms with Gasteiger partial charge in [-0.2, -0.15) is 0 Å². The Bertz CT molecular complexity index is 493. The van der Waals surface area contributed by atoms with E-state index < -0.39 is 34.1 Å². The number of rotatable bonds is 4. The highest BCUT2D eigenvalue weighted by Gasteiger charge is 2.22. The summed E-state index contributed by atoms with van der Waals surface area (Å²) >= 11 is 0. The van der Waals surface area contributed by atoms with Crippen LogP contribution in [-0.2, 0) is 9.53 Å². The van der Waals surface area contributed by atoms with Crippen LogP contribution in [0.5, 0.6) is 11.5 Å². The number of methoxy groups -OCH3 is 1. The number of ether oxygens (including phenoxy) is 1. The lowest BCUT2D eigenvalue weighted by Gasteiger charge is -2.11. The highest BCUT2D eigenvalue weighted by Crippen LogP contribution is 2.37. The first-order chi connectivity index (χ1) is 8.36. The van der Waals surface area contributed by atoms with Crippen LogP contribution in [0, 0.1) is 10.1 Å². The number of phenols is 2. The number of nitrogens with zero attached hydrogens (tertiary/aromatic N) is 1. The van der Waals surface area contributed by atoms with Crippen LogP contribution >= 0.6 is 12.4 Å². The maximum atomic E-state index is 11.0. The van der Waals surface area contributed by atoms with Crippen molar-refractivity contribution in [3.63, 3.8) is 0 Å². The summed E-state index contributed by atoms with van der Waals surface area (Å²) in [5.41, 5.74) is 5.12. The first-order valence-corrected chi connectivity index (χ1v) is 4.89. The fourth-order valence-corrected chi connectivity index (χ4v) is 1.36. The van der Waals surface area contributed by atoms with Gasteiger partial charge in [-0.1, -0.05) is 0 Å². The Morgan fingerprint density at radius 1 is 1.53 bits per heavy atom. The fraction of sp³-hybridized carbons (Fsp3) is 0.300. The number of benzene rings is 1. The number of nitro benzene ring substituents is 1. The minimum Gasteiger partial charge on any atom is -0.504 e. The molecule has 106 valence electrons. The highest BCUT2D eigenvalue weighted by atomic mass is 35.5. The third-order valence-electron chi connectivity index (χ3n) is 2.33. The number of hydrogen-bond donors (Lipinski definition) is 3. The number of hydrogen-bond acceptors (Lipinski definition) is 7. The van der Waals surface area contributed by atoms with Crippen molar-refractivity contribution in [1.29, 1.82) is 0 Å². The molecule has 0 fully saturated rings. The Morgan fingerprint density at radius 3 is 2.58 bits per heavy atom. The summed E-state index contributed by atoms with van der Waals surface area (Å²) in [6.45, 7) is 0. The van der Waals surface area contributed by atoms with Crippen molar-refractivity contribution in [1.82, 2.24) is 0 Å². The van der Waals surface area contributed by atoms with E-state index in [1.165, 1.54) is 7.11 Å². The molecule has 0 aliphatic rings. The monoisotopic (exact) mass is 292 g/mol. The maximum absolute atomic E-state index is 11.0. The van der Waals surface area contributed by atoms with Gasteiger partial charge in [0.05, 0.1) is 18.5 Å². The first-order valence-electron chi connectivity index (χ1n) is 4.89. The van der Waals surface area contributed by atoms with Crippen molar-refractivity contribution in [3.8, 4) is 11.5 Å². The molecular formula is C10H13ClN2O6. The molecule has 0 spiro atoms. The molecule has 0 aliphatic heterocycles. The molecule has 9 heteroatoms. The number of carbonyl (C=O) groups excluding carboxylic acids is 1. The molecule has 0 bridgehead atoms. The van der Waals surface area contributed by atoms with Gasteiger partial charge >= 0.3 is 11.7 Å². The summed E-state index contributed by atoms with van der Waals surface area (Å²) in [6.07, 6.45) is -0.197. The largest absolute Gasteiger partial charge is 0.504 e. The standard InChI is InChI=1S/C10H12N2O6.ClH/c1-18-9(14)4-6(11)5-2-7(12(16)17)10(15)8(13)3-5;/h2-3,6,13,15H,4,11H2,1H3;1H/t6-;/m0./s1. The smallest absolute Gasteiger partial charge is 0.314 e. The minimum atomic E-state index is -0.873. The van der Waals surface area contributed by atoms with Gasteiger partial charge in [0.2, 0.25) is 5.75 Å². The Morgan fingerprint density at radius 2 is 2.11 bits per heavy atom. The van der Waals surface area contributed by atoms with Crippen LogP contribution in [0.1, 0.15) is 18.0 Å².